The molecule has 0 aliphatic carbocycles. The lowest BCUT2D eigenvalue weighted by molar-refractivity contribution is 0.102. The molecular weight excluding hydrogens is 356 g/mol. The van der Waals surface area contributed by atoms with Crippen LogP contribution < -0.4 is 24.3 Å². The fourth-order valence-corrected chi connectivity index (χ4v) is 3.50. The maximum Gasteiger partial charge on any atom is 0.257 e. The van der Waals surface area contributed by atoms with E-state index in [9.17, 15) is 4.79 Å². The number of nitrogens with zero attached hydrogens (tertiary/aromatic N) is 1. The molecule has 0 spiro atoms. The van der Waals surface area contributed by atoms with E-state index in [0.29, 0.717) is 46.9 Å². The van der Waals surface area contributed by atoms with Crippen LogP contribution >= 0.6 is 11.3 Å². The van der Waals surface area contributed by atoms with Crippen LogP contribution in [-0.2, 0) is 0 Å². The molecule has 2 heterocycles. The number of thiazole rings is 1. The van der Waals surface area contributed by atoms with E-state index in [-0.39, 0.29) is 5.91 Å². The third-order valence-corrected chi connectivity index (χ3v) is 4.82. The number of carbonyl (C=O) groups excluding carboxylic acids is 1. The number of hydrogen-bond donors (Lipinski definition) is 1. The Morgan fingerprint density at radius 2 is 1.69 bits per heavy atom. The number of ether oxygens (including phenoxy) is 4. The van der Waals surface area contributed by atoms with Gasteiger partial charge in [-0.25, -0.2) is 4.98 Å². The van der Waals surface area contributed by atoms with Gasteiger partial charge in [-0.15, -0.1) is 0 Å². The number of aromatic nitrogens is 1. The smallest absolute Gasteiger partial charge is 0.257 e. The summed E-state index contributed by atoms with van der Waals surface area (Å²) in [5, 5.41) is 3.31. The molecule has 0 fully saturated rings. The van der Waals surface area contributed by atoms with E-state index < -0.39 is 0 Å². The van der Waals surface area contributed by atoms with Crippen LogP contribution in [0.3, 0.4) is 0 Å². The van der Waals surface area contributed by atoms with Gasteiger partial charge >= 0.3 is 0 Å². The summed E-state index contributed by atoms with van der Waals surface area (Å²) in [6.45, 7) is 1.04. The fourth-order valence-electron chi connectivity index (χ4n) is 2.63. The maximum atomic E-state index is 12.6. The molecular formula is C18H16N2O5S. The highest BCUT2D eigenvalue weighted by atomic mass is 32.1. The summed E-state index contributed by atoms with van der Waals surface area (Å²) in [7, 11) is 3.08. The standard InChI is InChI=1S/C18H16N2O5S/c1-22-11-5-10(6-12(7-11)23-2)17(21)20-18-19-13-8-14-15(9-16(13)26-18)25-4-3-24-14/h5-9H,3-4H2,1-2H3,(H,19,20,21). The first-order chi connectivity index (χ1) is 12.7. The van der Waals surface area contributed by atoms with Crippen molar-refractivity contribution in [1.82, 2.24) is 4.98 Å². The van der Waals surface area contributed by atoms with Crippen molar-refractivity contribution in [1.29, 1.82) is 0 Å². The van der Waals surface area contributed by atoms with Gasteiger partial charge in [-0.3, -0.25) is 10.1 Å². The summed E-state index contributed by atoms with van der Waals surface area (Å²) in [5.74, 6) is 2.16. The quantitative estimate of drug-likeness (QED) is 0.757. The van der Waals surface area contributed by atoms with Crippen molar-refractivity contribution in [3.05, 3.63) is 35.9 Å². The van der Waals surface area contributed by atoms with Crippen molar-refractivity contribution in [3.8, 4) is 23.0 Å². The van der Waals surface area contributed by atoms with Crippen LogP contribution in [0.15, 0.2) is 30.3 Å². The number of rotatable bonds is 4. The molecule has 0 saturated carbocycles. The van der Waals surface area contributed by atoms with Crippen LogP contribution in [0.1, 0.15) is 10.4 Å². The highest BCUT2D eigenvalue weighted by Crippen LogP contribution is 2.38. The predicted molar refractivity (Wildman–Crippen MR) is 98.1 cm³/mol. The molecule has 7 nitrogen and oxygen atoms in total. The van der Waals surface area contributed by atoms with Crippen molar-refractivity contribution in [2.45, 2.75) is 0 Å². The van der Waals surface area contributed by atoms with Crippen molar-refractivity contribution in [2.24, 2.45) is 0 Å². The summed E-state index contributed by atoms with van der Waals surface area (Å²) in [5.41, 5.74) is 1.17. The minimum atomic E-state index is -0.293. The Hall–Kier alpha value is -3.00. The van der Waals surface area contributed by atoms with Gasteiger partial charge in [0.15, 0.2) is 16.6 Å². The minimum absolute atomic E-state index is 0.293. The number of benzene rings is 2. The Morgan fingerprint density at radius 1 is 1.04 bits per heavy atom. The first kappa shape index (κ1) is 16.5. The van der Waals surface area contributed by atoms with Gasteiger partial charge < -0.3 is 18.9 Å². The number of fused-ring (bicyclic) bond motifs is 2. The second-order valence-corrected chi connectivity index (χ2v) is 6.57. The van der Waals surface area contributed by atoms with E-state index in [1.54, 1.807) is 18.2 Å². The van der Waals surface area contributed by atoms with Crippen molar-refractivity contribution in [3.63, 3.8) is 0 Å². The highest BCUT2D eigenvalue weighted by molar-refractivity contribution is 7.22. The Labute approximate surface area is 153 Å². The SMILES string of the molecule is COc1cc(OC)cc(C(=O)Nc2nc3cc4c(cc3s2)OCCO4)c1. The Morgan fingerprint density at radius 3 is 2.35 bits per heavy atom. The lowest BCUT2D eigenvalue weighted by Gasteiger charge is -2.17. The predicted octanol–water partition coefficient (Wildman–Crippen LogP) is 3.34. The van der Waals surface area contributed by atoms with Gasteiger partial charge in [0.2, 0.25) is 0 Å². The second-order valence-electron chi connectivity index (χ2n) is 5.54. The zero-order valence-electron chi connectivity index (χ0n) is 14.2. The van der Waals surface area contributed by atoms with E-state index in [0.717, 1.165) is 10.2 Å². The van der Waals surface area contributed by atoms with Gasteiger partial charge in [0.05, 0.1) is 24.4 Å². The van der Waals surface area contributed by atoms with Crippen LogP contribution in [0.2, 0.25) is 0 Å². The molecule has 1 aromatic heterocycles. The molecule has 2 aromatic carbocycles. The van der Waals surface area contributed by atoms with Gasteiger partial charge in [0.25, 0.3) is 5.91 Å². The molecule has 0 radical (unpaired) electrons. The van der Waals surface area contributed by atoms with E-state index in [4.69, 9.17) is 18.9 Å². The molecule has 0 atom stereocenters. The average molecular weight is 372 g/mol. The summed E-state index contributed by atoms with van der Waals surface area (Å²) in [6.07, 6.45) is 0. The molecule has 1 aliphatic heterocycles. The van der Waals surface area contributed by atoms with Gasteiger partial charge in [0, 0.05) is 23.8 Å². The summed E-state index contributed by atoms with van der Waals surface area (Å²) >= 11 is 1.37. The number of nitrogens with one attached hydrogen (secondary N) is 1. The first-order valence-corrected chi connectivity index (χ1v) is 8.72. The van der Waals surface area contributed by atoms with Crippen LogP contribution in [-0.4, -0.2) is 38.3 Å². The van der Waals surface area contributed by atoms with Gasteiger partial charge in [-0.05, 0) is 12.1 Å². The van der Waals surface area contributed by atoms with Gasteiger partial charge in [-0.2, -0.15) is 0 Å². The Balaban J connectivity index is 1.61. The van der Waals surface area contributed by atoms with E-state index in [2.05, 4.69) is 10.3 Å². The summed E-state index contributed by atoms with van der Waals surface area (Å²) in [6, 6.07) is 8.70. The molecule has 8 heteroatoms. The fraction of sp³-hybridized carbons (Fsp3) is 0.222. The van der Waals surface area contributed by atoms with Crippen LogP contribution in [0.5, 0.6) is 23.0 Å². The molecule has 4 rings (SSSR count). The van der Waals surface area contributed by atoms with Crippen LogP contribution in [0, 0.1) is 0 Å². The van der Waals surface area contributed by atoms with Crippen molar-refractivity contribution >= 4 is 32.6 Å². The van der Waals surface area contributed by atoms with Gasteiger partial charge in [-0.1, -0.05) is 11.3 Å². The third-order valence-electron chi connectivity index (χ3n) is 3.89. The molecule has 0 bridgehead atoms. The normalized spacial score (nSPS) is 12.7. The van der Waals surface area contributed by atoms with Crippen LogP contribution in [0.4, 0.5) is 5.13 Å². The molecule has 0 unspecified atom stereocenters. The number of carbonyl (C=O) groups is 1. The third kappa shape index (κ3) is 3.11. The number of anilines is 1. The molecule has 0 saturated heterocycles. The Bertz CT molecular complexity index is 920. The summed E-state index contributed by atoms with van der Waals surface area (Å²) in [4.78, 5) is 17.0. The van der Waals surface area contributed by atoms with Crippen molar-refractivity contribution < 1.29 is 23.7 Å². The van der Waals surface area contributed by atoms with Crippen LogP contribution in [0.25, 0.3) is 10.2 Å². The average Bonchev–Trinajstić information content (AvgIpc) is 3.06. The molecule has 1 aliphatic rings. The zero-order valence-corrected chi connectivity index (χ0v) is 15.0. The maximum absolute atomic E-state index is 12.6. The second kappa shape index (κ2) is 6.72. The number of methoxy groups -OCH3 is 2. The summed E-state index contributed by atoms with van der Waals surface area (Å²) < 4.78 is 22.5. The highest BCUT2D eigenvalue weighted by Gasteiger charge is 2.17. The first-order valence-electron chi connectivity index (χ1n) is 7.91. The number of hydrogen-bond acceptors (Lipinski definition) is 7. The Kier molecular flexibility index (Phi) is 4.26. The molecule has 134 valence electrons. The molecule has 3 aromatic rings. The van der Waals surface area contributed by atoms with Gasteiger partial charge in [0.1, 0.15) is 24.7 Å². The molecule has 1 amide bonds. The zero-order chi connectivity index (χ0) is 18.1. The molecule has 1 N–H and O–H groups in total. The van der Waals surface area contributed by atoms with E-state index in [1.807, 2.05) is 12.1 Å². The van der Waals surface area contributed by atoms with Crippen molar-refractivity contribution in [2.75, 3.05) is 32.8 Å². The molecule has 26 heavy (non-hydrogen) atoms. The monoisotopic (exact) mass is 372 g/mol. The lowest BCUT2D eigenvalue weighted by Crippen LogP contribution is -2.15. The largest absolute Gasteiger partial charge is 0.497 e. The number of amides is 1. The van der Waals surface area contributed by atoms with E-state index >= 15 is 0 Å². The van der Waals surface area contributed by atoms with E-state index in [1.165, 1.54) is 25.6 Å². The lowest BCUT2D eigenvalue weighted by atomic mass is 10.2. The topological polar surface area (TPSA) is 78.9 Å². The minimum Gasteiger partial charge on any atom is -0.497 e.